The normalized spacial score (nSPS) is 19.9. The molecule has 5 nitrogen and oxygen atoms in total. The Bertz CT molecular complexity index is 966. The Morgan fingerprint density at radius 2 is 1.73 bits per heavy atom. The van der Waals surface area contributed by atoms with Gasteiger partial charge in [-0.2, -0.15) is 0 Å². The zero-order valence-corrected chi connectivity index (χ0v) is 17.8. The number of rotatable bonds is 4. The highest BCUT2D eigenvalue weighted by molar-refractivity contribution is 7.13. The third kappa shape index (κ3) is 3.97. The van der Waals surface area contributed by atoms with Crippen molar-refractivity contribution in [3.8, 4) is 10.6 Å². The van der Waals surface area contributed by atoms with Crippen molar-refractivity contribution in [1.29, 1.82) is 0 Å². The van der Waals surface area contributed by atoms with E-state index < -0.39 is 0 Å². The van der Waals surface area contributed by atoms with Gasteiger partial charge in [-0.25, -0.2) is 0 Å². The average molecular weight is 419 g/mol. The predicted octanol–water partition coefficient (Wildman–Crippen LogP) is 4.44. The van der Waals surface area contributed by atoms with Crippen molar-refractivity contribution in [2.45, 2.75) is 25.2 Å². The van der Waals surface area contributed by atoms with E-state index in [-0.39, 0.29) is 5.92 Å². The SMILES string of the molecule is O=C(C1CCN(c2ccc(-c3cccs3)nn2)CC1)N1CC[C@@H](c2ccccc2)C1. The van der Waals surface area contributed by atoms with Gasteiger partial charge in [0.05, 0.1) is 4.88 Å². The summed E-state index contributed by atoms with van der Waals surface area (Å²) in [6, 6.07) is 18.8. The van der Waals surface area contributed by atoms with E-state index in [0.717, 1.165) is 61.8 Å². The van der Waals surface area contributed by atoms with Crippen LogP contribution >= 0.6 is 11.3 Å². The summed E-state index contributed by atoms with van der Waals surface area (Å²) in [5.74, 6) is 1.86. The van der Waals surface area contributed by atoms with Gasteiger partial charge >= 0.3 is 0 Å². The number of benzene rings is 1. The van der Waals surface area contributed by atoms with Crippen molar-refractivity contribution >= 4 is 23.1 Å². The lowest BCUT2D eigenvalue weighted by Crippen LogP contribution is -2.42. The zero-order chi connectivity index (χ0) is 20.3. The van der Waals surface area contributed by atoms with Crippen LogP contribution in [0.2, 0.25) is 0 Å². The molecule has 1 aromatic carbocycles. The predicted molar refractivity (Wildman–Crippen MR) is 121 cm³/mol. The minimum Gasteiger partial charge on any atom is -0.355 e. The van der Waals surface area contributed by atoms with Crippen molar-refractivity contribution in [1.82, 2.24) is 15.1 Å². The number of aromatic nitrogens is 2. The summed E-state index contributed by atoms with van der Waals surface area (Å²) >= 11 is 1.67. The smallest absolute Gasteiger partial charge is 0.225 e. The quantitative estimate of drug-likeness (QED) is 0.629. The molecule has 0 unspecified atom stereocenters. The minimum atomic E-state index is 0.133. The van der Waals surface area contributed by atoms with Crippen molar-refractivity contribution in [3.63, 3.8) is 0 Å². The maximum absolute atomic E-state index is 13.1. The molecule has 2 aliphatic rings. The van der Waals surface area contributed by atoms with Gasteiger partial charge in [0.25, 0.3) is 0 Å². The maximum atomic E-state index is 13.1. The first-order valence-corrected chi connectivity index (χ1v) is 11.6. The average Bonchev–Trinajstić information content (AvgIpc) is 3.52. The van der Waals surface area contributed by atoms with Gasteiger partial charge in [-0.15, -0.1) is 21.5 Å². The highest BCUT2D eigenvalue weighted by atomic mass is 32.1. The topological polar surface area (TPSA) is 49.3 Å². The number of amides is 1. The molecule has 1 atom stereocenters. The molecule has 2 aliphatic heterocycles. The molecule has 1 amide bonds. The van der Waals surface area contributed by atoms with Gasteiger partial charge in [-0.3, -0.25) is 4.79 Å². The Hall–Kier alpha value is -2.73. The Morgan fingerprint density at radius 3 is 2.43 bits per heavy atom. The second-order valence-electron chi connectivity index (χ2n) is 8.20. The maximum Gasteiger partial charge on any atom is 0.225 e. The third-order valence-electron chi connectivity index (χ3n) is 6.36. The second kappa shape index (κ2) is 8.56. The molecule has 30 heavy (non-hydrogen) atoms. The number of anilines is 1. The lowest BCUT2D eigenvalue weighted by molar-refractivity contribution is -0.135. The van der Waals surface area contributed by atoms with Crippen LogP contribution in [-0.2, 0) is 4.79 Å². The number of likely N-dealkylation sites (tertiary alicyclic amines) is 1. The molecule has 2 aromatic heterocycles. The molecule has 2 fully saturated rings. The van der Waals surface area contributed by atoms with E-state index in [1.807, 2.05) is 12.1 Å². The minimum absolute atomic E-state index is 0.133. The molecule has 0 spiro atoms. The van der Waals surface area contributed by atoms with Gasteiger partial charge in [-0.1, -0.05) is 36.4 Å². The number of hydrogen-bond donors (Lipinski definition) is 0. The van der Waals surface area contributed by atoms with Crippen molar-refractivity contribution in [2.75, 3.05) is 31.1 Å². The van der Waals surface area contributed by atoms with E-state index in [9.17, 15) is 4.79 Å². The van der Waals surface area contributed by atoms with E-state index in [2.05, 4.69) is 67.8 Å². The number of thiophene rings is 1. The highest BCUT2D eigenvalue weighted by Gasteiger charge is 2.33. The first kappa shape index (κ1) is 19.2. The first-order chi connectivity index (χ1) is 14.8. The number of hydrogen-bond acceptors (Lipinski definition) is 5. The van der Waals surface area contributed by atoms with E-state index in [1.54, 1.807) is 11.3 Å². The third-order valence-corrected chi connectivity index (χ3v) is 7.26. The van der Waals surface area contributed by atoms with Crippen molar-refractivity contribution in [2.24, 2.45) is 5.92 Å². The molecule has 3 aromatic rings. The summed E-state index contributed by atoms with van der Waals surface area (Å²) in [6.45, 7) is 3.46. The molecular weight excluding hydrogens is 392 g/mol. The van der Waals surface area contributed by atoms with E-state index >= 15 is 0 Å². The molecular formula is C24H26N4OS. The fourth-order valence-corrected chi connectivity index (χ4v) is 5.31. The summed E-state index contributed by atoms with van der Waals surface area (Å²) < 4.78 is 0. The molecule has 0 radical (unpaired) electrons. The monoisotopic (exact) mass is 418 g/mol. The second-order valence-corrected chi connectivity index (χ2v) is 9.14. The van der Waals surface area contributed by atoms with Crippen LogP contribution in [0.5, 0.6) is 0 Å². The lowest BCUT2D eigenvalue weighted by atomic mass is 9.95. The standard InChI is InChI=1S/C24H26N4OS/c29-24(28-15-12-20(17-28)18-5-2-1-3-6-18)19-10-13-27(14-11-19)23-9-8-21(25-26-23)22-7-4-16-30-22/h1-9,16,19-20H,10-15,17H2/t20-/m1/s1. The van der Waals surface area contributed by atoms with E-state index in [1.165, 1.54) is 5.56 Å². The van der Waals surface area contributed by atoms with Crippen LogP contribution in [0, 0.1) is 5.92 Å². The molecule has 6 heteroatoms. The van der Waals surface area contributed by atoms with Gasteiger partial charge in [0.15, 0.2) is 5.82 Å². The van der Waals surface area contributed by atoms with Gasteiger partial charge in [-0.05, 0) is 48.4 Å². The molecule has 0 saturated carbocycles. The Labute approximate surface area is 181 Å². The fourth-order valence-electron chi connectivity index (χ4n) is 4.62. The molecule has 0 N–H and O–H groups in total. The summed E-state index contributed by atoms with van der Waals surface area (Å²) in [5, 5.41) is 10.9. The Balaban J connectivity index is 1.16. The largest absolute Gasteiger partial charge is 0.355 e. The Kier molecular flexibility index (Phi) is 5.49. The first-order valence-electron chi connectivity index (χ1n) is 10.7. The summed E-state index contributed by atoms with van der Waals surface area (Å²) in [6.07, 6.45) is 2.85. The van der Waals surface area contributed by atoms with Crippen LogP contribution in [0.25, 0.3) is 10.6 Å². The van der Waals surface area contributed by atoms with E-state index in [4.69, 9.17) is 0 Å². The highest BCUT2D eigenvalue weighted by Crippen LogP contribution is 2.31. The molecule has 2 saturated heterocycles. The van der Waals surface area contributed by atoms with Crippen LogP contribution in [0.15, 0.2) is 60.0 Å². The van der Waals surface area contributed by atoms with Crippen LogP contribution in [0.3, 0.4) is 0 Å². The number of nitrogens with zero attached hydrogens (tertiary/aromatic N) is 4. The van der Waals surface area contributed by atoms with Crippen molar-refractivity contribution < 1.29 is 4.79 Å². The summed E-state index contributed by atoms with van der Waals surface area (Å²) in [5.41, 5.74) is 2.27. The van der Waals surface area contributed by atoms with Crippen LogP contribution in [0.1, 0.15) is 30.7 Å². The van der Waals surface area contributed by atoms with Crippen LogP contribution in [-0.4, -0.2) is 47.2 Å². The van der Waals surface area contributed by atoms with Crippen LogP contribution < -0.4 is 4.90 Å². The lowest BCUT2D eigenvalue weighted by Gasteiger charge is -2.33. The zero-order valence-electron chi connectivity index (χ0n) is 17.0. The Morgan fingerprint density at radius 1 is 0.900 bits per heavy atom. The van der Waals surface area contributed by atoms with Crippen LogP contribution in [0.4, 0.5) is 5.82 Å². The molecule has 4 heterocycles. The van der Waals surface area contributed by atoms with Gasteiger partial charge in [0.2, 0.25) is 5.91 Å². The summed E-state index contributed by atoms with van der Waals surface area (Å²) in [4.78, 5) is 18.6. The van der Waals surface area contributed by atoms with E-state index in [0.29, 0.717) is 11.8 Å². The fraction of sp³-hybridized carbons (Fsp3) is 0.375. The van der Waals surface area contributed by atoms with Gasteiger partial charge in [0.1, 0.15) is 5.69 Å². The van der Waals surface area contributed by atoms with Gasteiger partial charge < -0.3 is 9.80 Å². The molecule has 5 rings (SSSR count). The summed E-state index contributed by atoms with van der Waals surface area (Å²) in [7, 11) is 0. The van der Waals surface area contributed by atoms with Gasteiger partial charge in [0, 0.05) is 38.0 Å². The molecule has 154 valence electrons. The molecule has 0 aliphatic carbocycles. The number of carbonyl (C=O) groups excluding carboxylic acids is 1. The number of piperidine rings is 1. The van der Waals surface area contributed by atoms with Crippen molar-refractivity contribution in [3.05, 3.63) is 65.5 Å². The molecule has 0 bridgehead atoms. The number of carbonyl (C=O) groups is 1.